The van der Waals surface area contributed by atoms with Gasteiger partial charge in [0.2, 0.25) is 5.91 Å². The van der Waals surface area contributed by atoms with Crippen molar-refractivity contribution in [2.24, 2.45) is 16.8 Å². The summed E-state index contributed by atoms with van der Waals surface area (Å²) in [6, 6.07) is 0.473. The average Bonchev–Trinajstić information content (AvgIpc) is 3.22. The van der Waals surface area contributed by atoms with Crippen LogP contribution in [-0.2, 0) is 4.79 Å². The van der Waals surface area contributed by atoms with Crippen LogP contribution in [0.15, 0.2) is 4.99 Å². The van der Waals surface area contributed by atoms with Crippen molar-refractivity contribution in [1.82, 2.24) is 15.5 Å². The van der Waals surface area contributed by atoms with Gasteiger partial charge in [-0.1, -0.05) is 12.8 Å². The first kappa shape index (κ1) is 18.8. The summed E-state index contributed by atoms with van der Waals surface area (Å²) in [6.45, 7) is 3.15. The van der Waals surface area contributed by atoms with Gasteiger partial charge in [0.15, 0.2) is 5.96 Å². The maximum absolute atomic E-state index is 11.7. The van der Waals surface area contributed by atoms with Crippen LogP contribution in [0.1, 0.15) is 51.4 Å². The number of carbonyl (C=O) groups excluding carboxylic acids is 1. The number of aliphatic imine (C=N–C) groups is 1. The standard InChI is InChI=1S/C17H30N4O.HI/c1-18-17(19-10-4-7-16(22)20-15-8-9-15)21-11-13-5-2-3-6-14(13)12-21;/h13-15H,2-12H2,1H3,(H,18,19)(H,20,22);1H. The zero-order valence-electron chi connectivity index (χ0n) is 14.2. The van der Waals surface area contributed by atoms with Crippen LogP contribution in [0, 0.1) is 11.8 Å². The minimum Gasteiger partial charge on any atom is -0.356 e. The molecule has 132 valence electrons. The zero-order chi connectivity index (χ0) is 15.4. The SMILES string of the molecule is CN=C(NCCCC(=O)NC1CC1)N1CC2CCCCC2C1.I. The van der Waals surface area contributed by atoms with Gasteiger partial charge in [-0.2, -0.15) is 0 Å². The number of amides is 1. The van der Waals surface area contributed by atoms with E-state index in [0.29, 0.717) is 12.5 Å². The predicted octanol–water partition coefficient (Wildman–Crippen LogP) is 2.36. The van der Waals surface area contributed by atoms with Crippen LogP contribution < -0.4 is 10.6 Å². The number of guanidine groups is 1. The summed E-state index contributed by atoms with van der Waals surface area (Å²) in [6.07, 6.45) is 9.39. The zero-order valence-corrected chi connectivity index (χ0v) is 16.6. The topological polar surface area (TPSA) is 56.7 Å². The summed E-state index contributed by atoms with van der Waals surface area (Å²) < 4.78 is 0. The van der Waals surface area contributed by atoms with E-state index in [-0.39, 0.29) is 29.9 Å². The van der Waals surface area contributed by atoms with Crippen LogP contribution in [0.3, 0.4) is 0 Å². The molecule has 0 radical (unpaired) electrons. The third kappa shape index (κ3) is 5.50. The van der Waals surface area contributed by atoms with Crippen molar-refractivity contribution in [2.45, 2.75) is 57.4 Å². The number of rotatable bonds is 5. The fourth-order valence-electron chi connectivity index (χ4n) is 3.89. The van der Waals surface area contributed by atoms with E-state index in [9.17, 15) is 4.79 Å². The molecule has 2 N–H and O–H groups in total. The lowest BCUT2D eigenvalue weighted by Crippen LogP contribution is -2.41. The van der Waals surface area contributed by atoms with Crippen LogP contribution in [0.5, 0.6) is 0 Å². The molecule has 1 aliphatic heterocycles. The Morgan fingerprint density at radius 3 is 2.35 bits per heavy atom. The number of nitrogens with zero attached hydrogens (tertiary/aromatic N) is 2. The van der Waals surface area contributed by atoms with E-state index in [1.165, 1.54) is 25.7 Å². The second-order valence-electron chi connectivity index (χ2n) is 7.13. The van der Waals surface area contributed by atoms with Crippen molar-refractivity contribution in [3.8, 4) is 0 Å². The summed E-state index contributed by atoms with van der Waals surface area (Å²) in [5.41, 5.74) is 0. The molecule has 2 saturated carbocycles. The molecule has 0 aromatic rings. The Hall–Kier alpha value is -0.530. The molecular weight excluding hydrogens is 403 g/mol. The van der Waals surface area contributed by atoms with Gasteiger partial charge in [0.25, 0.3) is 0 Å². The van der Waals surface area contributed by atoms with Gasteiger partial charge in [0.05, 0.1) is 0 Å². The molecule has 1 saturated heterocycles. The molecule has 6 heteroatoms. The summed E-state index contributed by atoms with van der Waals surface area (Å²) in [4.78, 5) is 18.5. The molecule has 0 aromatic carbocycles. The van der Waals surface area contributed by atoms with Gasteiger partial charge in [-0.15, -0.1) is 24.0 Å². The molecule has 0 bridgehead atoms. The molecule has 2 unspecified atom stereocenters. The normalized spacial score (nSPS) is 27.2. The molecule has 1 amide bonds. The Morgan fingerprint density at radius 1 is 1.13 bits per heavy atom. The number of hydrogen-bond donors (Lipinski definition) is 2. The van der Waals surface area contributed by atoms with E-state index in [0.717, 1.165) is 56.7 Å². The Morgan fingerprint density at radius 2 is 1.78 bits per heavy atom. The fourth-order valence-corrected chi connectivity index (χ4v) is 3.89. The van der Waals surface area contributed by atoms with Crippen LogP contribution in [0.4, 0.5) is 0 Å². The van der Waals surface area contributed by atoms with E-state index in [1.54, 1.807) is 0 Å². The average molecular weight is 434 g/mol. The lowest BCUT2D eigenvalue weighted by atomic mass is 9.82. The molecule has 2 aliphatic carbocycles. The molecule has 3 fully saturated rings. The summed E-state index contributed by atoms with van der Waals surface area (Å²) in [5, 5.41) is 6.48. The number of nitrogens with one attached hydrogen (secondary N) is 2. The second kappa shape index (κ2) is 9.08. The first-order chi connectivity index (χ1) is 10.8. The molecule has 0 aromatic heterocycles. The number of hydrogen-bond acceptors (Lipinski definition) is 2. The first-order valence-corrected chi connectivity index (χ1v) is 9.01. The van der Waals surface area contributed by atoms with Crippen molar-refractivity contribution < 1.29 is 4.79 Å². The van der Waals surface area contributed by atoms with E-state index in [4.69, 9.17) is 0 Å². The highest BCUT2D eigenvalue weighted by Gasteiger charge is 2.35. The Kier molecular flexibility index (Phi) is 7.43. The van der Waals surface area contributed by atoms with Gasteiger partial charge in [0.1, 0.15) is 0 Å². The fraction of sp³-hybridized carbons (Fsp3) is 0.882. The molecule has 3 rings (SSSR count). The number of fused-ring (bicyclic) bond motifs is 1. The monoisotopic (exact) mass is 434 g/mol. The molecule has 2 atom stereocenters. The maximum Gasteiger partial charge on any atom is 0.220 e. The predicted molar refractivity (Wildman–Crippen MR) is 104 cm³/mol. The van der Waals surface area contributed by atoms with Crippen LogP contribution in [0.2, 0.25) is 0 Å². The molecular formula is C17H31IN4O. The highest BCUT2D eigenvalue weighted by molar-refractivity contribution is 14.0. The van der Waals surface area contributed by atoms with E-state index in [2.05, 4.69) is 20.5 Å². The minimum absolute atomic E-state index is 0. The second-order valence-corrected chi connectivity index (χ2v) is 7.13. The Labute approximate surface area is 157 Å². The van der Waals surface area contributed by atoms with Crippen molar-refractivity contribution in [3.05, 3.63) is 0 Å². The highest BCUT2D eigenvalue weighted by Crippen LogP contribution is 2.35. The maximum atomic E-state index is 11.7. The molecule has 1 heterocycles. The third-order valence-corrected chi connectivity index (χ3v) is 5.29. The summed E-state index contributed by atoms with van der Waals surface area (Å²) in [7, 11) is 1.87. The van der Waals surface area contributed by atoms with E-state index >= 15 is 0 Å². The Balaban J connectivity index is 0.00000192. The minimum atomic E-state index is 0. The van der Waals surface area contributed by atoms with Gasteiger partial charge in [-0.05, 0) is 43.9 Å². The van der Waals surface area contributed by atoms with Crippen LogP contribution in [-0.4, -0.2) is 49.5 Å². The molecule has 3 aliphatic rings. The van der Waals surface area contributed by atoms with Crippen molar-refractivity contribution in [1.29, 1.82) is 0 Å². The van der Waals surface area contributed by atoms with Gasteiger partial charge in [-0.3, -0.25) is 9.79 Å². The smallest absolute Gasteiger partial charge is 0.220 e. The summed E-state index contributed by atoms with van der Waals surface area (Å²) >= 11 is 0. The van der Waals surface area contributed by atoms with Gasteiger partial charge < -0.3 is 15.5 Å². The number of carbonyl (C=O) groups is 1. The molecule has 0 spiro atoms. The van der Waals surface area contributed by atoms with Gasteiger partial charge >= 0.3 is 0 Å². The first-order valence-electron chi connectivity index (χ1n) is 9.01. The van der Waals surface area contributed by atoms with Gasteiger partial charge in [-0.25, -0.2) is 0 Å². The summed E-state index contributed by atoms with van der Waals surface area (Å²) in [5.74, 6) is 2.97. The number of likely N-dealkylation sites (tertiary alicyclic amines) is 1. The highest BCUT2D eigenvalue weighted by atomic mass is 127. The van der Waals surface area contributed by atoms with Gasteiger partial charge in [0, 0.05) is 39.1 Å². The molecule has 23 heavy (non-hydrogen) atoms. The third-order valence-electron chi connectivity index (χ3n) is 5.29. The van der Waals surface area contributed by atoms with E-state index in [1.807, 2.05) is 7.05 Å². The van der Waals surface area contributed by atoms with Crippen LogP contribution in [0.25, 0.3) is 0 Å². The quantitative estimate of drug-likeness (QED) is 0.302. The Bertz CT molecular complexity index is 411. The van der Waals surface area contributed by atoms with Crippen molar-refractivity contribution in [3.63, 3.8) is 0 Å². The largest absolute Gasteiger partial charge is 0.356 e. The lowest BCUT2D eigenvalue weighted by Gasteiger charge is -2.22. The molecule has 5 nitrogen and oxygen atoms in total. The van der Waals surface area contributed by atoms with E-state index < -0.39 is 0 Å². The number of halogens is 1. The van der Waals surface area contributed by atoms with Crippen molar-refractivity contribution in [2.75, 3.05) is 26.7 Å². The van der Waals surface area contributed by atoms with Crippen LogP contribution >= 0.6 is 24.0 Å². The lowest BCUT2D eigenvalue weighted by molar-refractivity contribution is -0.121. The van der Waals surface area contributed by atoms with Crippen molar-refractivity contribution >= 4 is 35.8 Å².